The van der Waals surface area contributed by atoms with Crippen molar-refractivity contribution in [1.82, 2.24) is 9.97 Å². The van der Waals surface area contributed by atoms with E-state index in [2.05, 4.69) is 34.4 Å². The standard InChI is InChI=1S/C13H24N4O/c1-5-14-12-15-8-6-11(17-12)16-10-13(2,3)7-9-18-4/h6,8H,5,7,9-10H2,1-4H3,(H2,14,15,16,17). The van der Waals surface area contributed by atoms with Crippen molar-refractivity contribution in [2.75, 3.05) is 37.4 Å². The van der Waals surface area contributed by atoms with Crippen LogP contribution in [0.15, 0.2) is 12.3 Å². The zero-order valence-electron chi connectivity index (χ0n) is 11.8. The topological polar surface area (TPSA) is 59.1 Å². The first-order valence-corrected chi connectivity index (χ1v) is 6.37. The number of nitrogens with zero attached hydrogens (tertiary/aromatic N) is 2. The predicted octanol–water partition coefficient (Wildman–Crippen LogP) is 2.38. The summed E-state index contributed by atoms with van der Waals surface area (Å²) < 4.78 is 5.12. The number of methoxy groups -OCH3 is 1. The van der Waals surface area contributed by atoms with E-state index >= 15 is 0 Å². The summed E-state index contributed by atoms with van der Waals surface area (Å²) in [4.78, 5) is 8.52. The molecule has 2 N–H and O–H groups in total. The first-order chi connectivity index (χ1) is 8.57. The number of aromatic nitrogens is 2. The van der Waals surface area contributed by atoms with Gasteiger partial charge in [-0.15, -0.1) is 0 Å². The lowest BCUT2D eigenvalue weighted by Gasteiger charge is -2.24. The number of rotatable bonds is 8. The Hall–Kier alpha value is -1.36. The summed E-state index contributed by atoms with van der Waals surface area (Å²) in [6.07, 6.45) is 2.77. The van der Waals surface area contributed by atoms with Gasteiger partial charge in [-0.1, -0.05) is 13.8 Å². The maximum Gasteiger partial charge on any atom is 0.224 e. The molecule has 0 spiro atoms. The Balaban J connectivity index is 2.49. The second-order valence-corrected chi connectivity index (χ2v) is 5.06. The third-order valence-electron chi connectivity index (χ3n) is 2.72. The van der Waals surface area contributed by atoms with Gasteiger partial charge in [0.15, 0.2) is 0 Å². The lowest BCUT2D eigenvalue weighted by Crippen LogP contribution is -2.25. The molecule has 0 atom stereocenters. The molecule has 0 aliphatic carbocycles. The molecule has 0 bridgehead atoms. The molecule has 0 saturated heterocycles. The zero-order valence-corrected chi connectivity index (χ0v) is 11.8. The molecular formula is C13H24N4O. The Bertz CT molecular complexity index is 355. The lowest BCUT2D eigenvalue weighted by atomic mass is 9.90. The van der Waals surface area contributed by atoms with Gasteiger partial charge in [-0.25, -0.2) is 4.98 Å². The van der Waals surface area contributed by atoms with Crippen LogP contribution in [0.3, 0.4) is 0 Å². The fourth-order valence-corrected chi connectivity index (χ4v) is 1.50. The highest BCUT2D eigenvalue weighted by molar-refractivity contribution is 5.39. The van der Waals surface area contributed by atoms with Gasteiger partial charge in [0, 0.05) is 33.0 Å². The molecule has 102 valence electrons. The van der Waals surface area contributed by atoms with Crippen LogP contribution >= 0.6 is 0 Å². The Morgan fingerprint density at radius 2 is 2.11 bits per heavy atom. The van der Waals surface area contributed by atoms with Gasteiger partial charge in [0.1, 0.15) is 5.82 Å². The van der Waals surface area contributed by atoms with Gasteiger partial charge < -0.3 is 15.4 Å². The zero-order chi connectivity index (χ0) is 13.4. The highest BCUT2D eigenvalue weighted by atomic mass is 16.5. The van der Waals surface area contributed by atoms with Gasteiger partial charge in [0.2, 0.25) is 5.95 Å². The van der Waals surface area contributed by atoms with Crippen molar-refractivity contribution in [3.63, 3.8) is 0 Å². The minimum atomic E-state index is 0.180. The van der Waals surface area contributed by atoms with E-state index < -0.39 is 0 Å². The highest BCUT2D eigenvalue weighted by Gasteiger charge is 2.17. The molecule has 5 heteroatoms. The van der Waals surface area contributed by atoms with E-state index in [0.29, 0.717) is 5.95 Å². The molecule has 0 aromatic carbocycles. The number of ether oxygens (including phenoxy) is 1. The van der Waals surface area contributed by atoms with Gasteiger partial charge in [0.25, 0.3) is 0 Å². The van der Waals surface area contributed by atoms with Crippen LogP contribution in [0.1, 0.15) is 27.2 Å². The number of hydrogen-bond acceptors (Lipinski definition) is 5. The van der Waals surface area contributed by atoms with E-state index in [1.54, 1.807) is 13.3 Å². The molecule has 0 radical (unpaired) electrons. The second kappa shape index (κ2) is 7.16. The Labute approximate surface area is 109 Å². The Morgan fingerprint density at radius 1 is 1.33 bits per heavy atom. The van der Waals surface area contributed by atoms with E-state index in [0.717, 1.165) is 31.9 Å². The summed E-state index contributed by atoms with van der Waals surface area (Å²) in [6.45, 7) is 8.91. The first-order valence-electron chi connectivity index (χ1n) is 6.37. The molecule has 0 amide bonds. The van der Waals surface area contributed by atoms with Crippen molar-refractivity contribution in [1.29, 1.82) is 0 Å². The minimum absolute atomic E-state index is 0.180. The van der Waals surface area contributed by atoms with E-state index in [9.17, 15) is 0 Å². The lowest BCUT2D eigenvalue weighted by molar-refractivity contribution is 0.157. The predicted molar refractivity (Wildman–Crippen MR) is 75.0 cm³/mol. The van der Waals surface area contributed by atoms with Crippen LogP contribution in [-0.4, -0.2) is 36.8 Å². The molecule has 18 heavy (non-hydrogen) atoms. The van der Waals surface area contributed by atoms with Crippen molar-refractivity contribution in [2.24, 2.45) is 5.41 Å². The van der Waals surface area contributed by atoms with Crippen molar-refractivity contribution in [3.8, 4) is 0 Å². The summed E-state index contributed by atoms with van der Waals surface area (Å²) in [5, 5.41) is 6.44. The molecule has 5 nitrogen and oxygen atoms in total. The summed E-state index contributed by atoms with van der Waals surface area (Å²) in [6, 6.07) is 1.88. The van der Waals surface area contributed by atoms with Crippen LogP contribution < -0.4 is 10.6 Å². The molecule has 0 aliphatic heterocycles. The molecule has 1 aromatic heterocycles. The molecular weight excluding hydrogens is 228 g/mol. The summed E-state index contributed by atoms with van der Waals surface area (Å²) >= 11 is 0. The van der Waals surface area contributed by atoms with Crippen molar-refractivity contribution < 1.29 is 4.74 Å². The van der Waals surface area contributed by atoms with Gasteiger partial charge >= 0.3 is 0 Å². The summed E-state index contributed by atoms with van der Waals surface area (Å²) in [5.41, 5.74) is 0.180. The molecule has 0 saturated carbocycles. The molecule has 1 heterocycles. The molecule has 0 fully saturated rings. The fourth-order valence-electron chi connectivity index (χ4n) is 1.50. The van der Waals surface area contributed by atoms with Crippen LogP contribution in [-0.2, 0) is 4.74 Å². The molecule has 1 rings (SSSR count). The maximum atomic E-state index is 5.12. The molecule has 1 aromatic rings. The summed E-state index contributed by atoms with van der Waals surface area (Å²) in [5.74, 6) is 1.52. The van der Waals surface area contributed by atoms with Gasteiger partial charge in [-0.05, 0) is 24.8 Å². The largest absolute Gasteiger partial charge is 0.385 e. The van der Waals surface area contributed by atoms with Gasteiger partial charge in [0.05, 0.1) is 0 Å². The average molecular weight is 252 g/mol. The maximum absolute atomic E-state index is 5.12. The highest BCUT2D eigenvalue weighted by Crippen LogP contribution is 2.20. The number of nitrogens with one attached hydrogen (secondary N) is 2. The Kier molecular flexibility index (Phi) is 5.85. The molecule has 0 unspecified atom stereocenters. The van der Waals surface area contributed by atoms with Gasteiger partial charge in [-0.2, -0.15) is 4.98 Å². The van der Waals surface area contributed by atoms with Crippen LogP contribution in [0, 0.1) is 5.41 Å². The molecule has 0 aliphatic rings. The second-order valence-electron chi connectivity index (χ2n) is 5.06. The minimum Gasteiger partial charge on any atom is -0.385 e. The first kappa shape index (κ1) is 14.7. The smallest absolute Gasteiger partial charge is 0.224 e. The van der Waals surface area contributed by atoms with Crippen LogP contribution in [0.2, 0.25) is 0 Å². The normalized spacial score (nSPS) is 11.3. The van der Waals surface area contributed by atoms with Crippen molar-refractivity contribution in [3.05, 3.63) is 12.3 Å². The van der Waals surface area contributed by atoms with E-state index in [1.807, 2.05) is 13.0 Å². The SMILES string of the molecule is CCNc1nccc(NCC(C)(C)CCOC)n1. The number of hydrogen-bond donors (Lipinski definition) is 2. The van der Waals surface area contributed by atoms with Crippen LogP contribution in [0.5, 0.6) is 0 Å². The fraction of sp³-hybridized carbons (Fsp3) is 0.692. The average Bonchev–Trinajstić information content (AvgIpc) is 2.35. The monoisotopic (exact) mass is 252 g/mol. The van der Waals surface area contributed by atoms with E-state index in [1.165, 1.54) is 0 Å². The quantitative estimate of drug-likeness (QED) is 0.744. The van der Waals surface area contributed by atoms with Crippen molar-refractivity contribution >= 4 is 11.8 Å². The van der Waals surface area contributed by atoms with Crippen LogP contribution in [0.4, 0.5) is 11.8 Å². The van der Waals surface area contributed by atoms with Crippen molar-refractivity contribution in [2.45, 2.75) is 27.2 Å². The third-order valence-corrected chi connectivity index (χ3v) is 2.72. The third kappa shape index (κ3) is 5.31. The van der Waals surface area contributed by atoms with Gasteiger partial charge in [-0.3, -0.25) is 0 Å². The van der Waals surface area contributed by atoms with Crippen LogP contribution in [0.25, 0.3) is 0 Å². The van der Waals surface area contributed by atoms with E-state index in [4.69, 9.17) is 4.74 Å². The Morgan fingerprint density at radius 3 is 2.78 bits per heavy atom. The number of anilines is 2. The summed E-state index contributed by atoms with van der Waals surface area (Å²) in [7, 11) is 1.73. The van der Waals surface area contributed by atoms with E-state index in [-0.39, 0.29) is 5.41 Å².